The Morgan fingerprint density at radius 1 is 1.07 bits per heavy atom. The van der Waals surface area contributed by atoms with Crippen molar-refractivity contribution in [3.8, 4) is 0 Å². The predicted octanol–water partition coefficient (Wildman–Crippen LogP) is 3.22. The Balaban J connectivity index is 0. The first-order valence-electron chi connectivity index (χ1n) is 6.08. The van der Waals surface area contributed by atoms with Gasteiger partial charge < -0.3 is 10.1 Å². The largest absolute Gasteiger partial charge is 0.382 e. The molecule has 0 amide bonds. The van der Waals surface area contributed by atoms with E-state index in [0.29, 0.717) is 6.04 Å². The van der Waals surface area contributed by atoms with E-state index in [1.807, 2.05) is 20.8 Å². The topological polar surface area (TPSA) is 21.3 Å². The Morgan fingerprint density at radius 2 is 1.71 bits per heavy atom. The lowest BCUT2D eigenvalue weighted by atomic mass is 10.2. The average molecular weight is 203 g/mol. The normalized spacial score (nSPS) is 9.86. The maximum Gasteiger partial charge on any atom is 0.0465 e. The second-order valence-electron chi connectivity index (χ2n) is 3.37. The minimum Gasteiger partial charge on any atom is -0.382 e. The molecule has 1 N–H and O–H groups in total. The van der Waals surface area contributed by atoms with Gasteiger partial charge >= 0.3 is 0 Å². The molecule has 0 unspecified atom stereocenters. The van der Waals surface area contributed by atoms with Gasteiger partial charge in [-0.25, -0.2) is 0 Å². The van der Waals surface area contributed by atoms with Gasteiger partial charge in [0.15, 0.2) is 0 Å². The summed E-state index contributed by atoms with van der Waals surface area (Å²) >= 11 is 0. The molecule has 0 fully saturated rings. The smallest absolute Gasteiger partial charge is 0.0465 e. The Bertz CT molecular complexity index is 84.4. The molecule has 0 aromatic heterocycles. The van der Waals surface area contributed by atoms with Gasteiger partial charge in [0.05, 0.1) is 0 Å². The fourth-order valence-electron chi connectivity index (χ4n) is 1.04. The van der Waals surface area contributed by atoms with E-state index in [1.54, 1.807) is 0 Å². The Kier molecular flexibility index (Phi) is 18.0. The molecule has 0 spiro atoms. The minimum atomic E-state index is 0.622. The summed E-state index contributed by atoms with van der Waals surface area (Å²) in [5, 5.41) is 3.40. The summed E-state index contributed by atoms with van der Waals surface area (Å²) in [6.07, 6.45) is 3.75. The molecule has 0 heterocycles. The van der Waals surface area contributed by atoms with Crippen LogP contribution in [-0.4, -0.2) is 25.8 Å². The van der Waals surface area contributed by atoms with Gasteiger partial charge in [-0.15, -0.1) is 0 Å². The van der Waals surface area contributed by atoms with Crippen molar-refractivity contribution >= 4 is 0 Å². The van der Waals surface area contributed by atoms with Gasteiger partial charge in [-0.1, -0.05) is 27.7 Å². The van der Waals surface area contributed by atoms with E-state index >= 15 is 0 Å². The lowest BCUT2D eigenvalue weighted by Crippen LogP contribution is -2.23. The van der Waals surface area contributed by atoms with Crippen LogP contribution < -0.4 is 5.32 Å². The van der Waals surface area contributed by atoms with Crippen LogP contribution in [0.5, 0.6) is 0 Å². The molecule has 14 heavy (non-hydrogen) atoms. The van der Waals surface area contributed by atoms with E-state index in [-0.39, 0.29) is 0 Å². The molecule has 2 heteroatoms. The quantitative estimate of drug-likeness (QED) is 0.612. The molecule has 0 aliphatic rings. The zero-order chi connectivity index (χ0) is 11.2. The standard InChI is InChI=1S/C10H23NO.C2H6/c1-4-12-9-7-5-6-8-11-10(2)3;1-2/h10-11H,4-9H2,1-3H3;1-2H3. The number of hydrogen-bond acceptors (Lipinski definition) is 2. The van der Waals surface area contributed by atoms with Crippen molar-refractivity contribution in [3.63, 3.8) is 0 Å². The highest BCUT2D eigenvalue weighted by atomic mass is 16.5. The third-order valence-corrected chi connectivity index (χ3v) is 1.72. The first-order chi connectivity index (χ1) is 6.77. The van der Waals surface area contributed by atoms with Crippen LogP contribution in [0.15, 0.2) is 0 Å². The maximum atomic E-state index is 5.24. The second kappa shape index (κ2) is 15.4. The summed E-state index contributed by atoms with van der Waals surface area (Å²) in [5.74, 6) is 0. The maximum absolute atomic E-state index is 5.24. The Labute approximate surface area is 90.4 Å². The molecule has 0 aliphatic carbocycles. The lowest BCUT2D eigenvalue weighted by Gasteiger charge is -2.07. The third-order valence-electron chi connectivity index (χ3n) is 1.72. The highest BCUT2D eigenvalue weighted by molar-refractivity contribution is 4.52. The summed E-state index contributed by atoms with van der Waals surface area (Å²) in [5.41, 5.74) is 0. The van der Waals surface area contributed by atoms with Crippen molar-refractivity contribution in [2.75, 3.05) is 19.8 Å². The number of unbranched alkanes of at least 4 members (excludes halogenated alkanes) is 2. The van der Waals surface area contributed by atoms with Crippen molar-refractivity contribution in [2.45, 2.75) is 59.9 Å². The monoisotopic (exact) mass is 203 g/mol. The van der Waals surface area contributed by atoms with Crippen LogP contribution in [0, 0.1) is 0 Å². The molecule has 0 rings (SSSR count). The van der Waals surface area contributed by atoms with Gasteiger partial charge in [-0.2, -0.15) is 0 Å². The molecule has 0 aromatic carbocycles. The van der Waals surface area contributed by atoms with Crippen LogP contribution in [0.2, 0.25) is 0 Å². The summed E-state index contributed by atoms with van der Waals surface area (Å²) in [4.78, 5) is 0. The van der Waals surface area contributed by atoms with Crippen LogP contribution in [0.3, 0.4) is 0 Å². The molecule has 0 aliphatic heterocycles. The summed E-state index contributed by atoms with van der Waals surface area (Å²) in [6, 6.07) is 0.622. The Morgan fingerprint density at radius 3 is 2.21 bits per heavy atom. The first kappa shape index (κ1) is 16.4. The fraction of sp³-hybridized carbons (Fsp3) is 1.00. The minimum absolute atomic E-state index is 0.622. The molecule has 0 radical (unpaired) electrons. The van der Waals surface area contributed by atoms with Crippen molar-refractivity contribution in [1.82, 2.24) is 5.32 Å². The van der Waals surface area contributed by atoms with Crippen molar-refractivity contribution in [1.29, 1.82) is 0 Å². The fourth-order valence-corrected chi connectivity index (χ4v) is 1.04. The van der Waals surface area contributed by atoms with Crippen LogP contribution >= 0.6 is 0 Å². The van der Waals surface area contributed by atoms with Gasteiger partial charge in [0, 0.05) is 19.3 Å². The SMILES string of the molecule is CC.CCOCCCCCNC(C)C. The highest BCUT2D eigenvalue weighted by Gasteiger charge is 1.91. The van der Waals surface area contributed by atoms with E-state index in [9.17, 15) is 0 Å². The predicted molar refractivity (Wildman–Crippen MR) is 64.8 cm³/mol. The number of nitrogens with one attached hydrogen (secondary N) is 1. The van der Waals surface area contributed by atoms with Crippen molar-refractivity contribution < 1.29 is 4.74 Å². The summed E-state index contributed by atoms with van der Waals surface area (Å²) in [7, 11) is 0. The van der Waals surface area contributed by atoms with E-state index in [1.165, 1.54) is 19.3 Å². The van der Waals surface area contributed by atoms with Gasteiger partial charge in [-0.3, -0.25) is 0 Å². The molecule has 0 aromatic rings. The van der Waals surface area contributed by atoms with E-state index in [2.05, 4.69) is 19.2 Å². The molecule has 0 atom stereocenters. The van der Waals surface area contributed by atoms with Crippen LogP contribution in [-0.2, 0) is 4.74 Å². The van der Waals surface area contributed by atoms with Gasteiger partial charge in [0.2, 0.25) is 0 Å². The lowest BCUT2D eigenvalue weighted by molar-refractivity contribution is 0.143. The van der Waals surface area contributed by atoms with Crippen molar-refractivity contribution in [3.05, 3.63) is 0 Å². The van der Waals surface area contributed by atoms with Gasteiger partial charge in [0.1, 0.15) is 0 Å². The van der Waals surface area contributed by atoms with Crippen LogP contribution in [0.25, 0.3) is 0 Å². The van der Waals surface area contributed by atoms with E-state index < -0.39 is 0 Å². The third kappa shape index (κ3) is 17.9. The zero-order valence-electron chi connectivity index (χ0n) is 10.7. The van der Waals surface area contributed by atoms with Crippen LogP contribution in [0.1, 0.15) is 53.9 Å². The first-order valence-corrected chi connectivity index (χ1v) is 6.08. The molecule has 88 valence electrons. The molecular formula is C12H29NO. The number of ether oxygens (including phenoxy) is 1. The number of hydrogen-bond donors (Lipinski definition) is 1. The van der Waals surface area contributed by atoms with Gasteiger partial charge in [0.25, 0.3) is 0 Å². The van der Waals surface area contributed by atoms with Crippen LogP contribution in [0.4, 0.5) is 0 Å². The average Bonchev–Trinajstić information content (AvgIpc) is 2.19. The molecule has 0 saturated carbocycles. The number of rotatable bonds is 8. The molecular weight excluding hydrogens is 174 g/mol. The molecule has 0 saturated heterocycles. The molecule has 2 nitrogen and oxygen atoms in total. The van der Waals surface area contributed by atoms with E-state index in [4.69, 9.17) is 4.74 Å². The zero-order valence-corrected chi connectivity index (χ0v) is 10.7. The second-order valence-corrected chi connectivity index (χ2v) is 3.37. The summed E-state index contributed by atoms with van der Waals surface area (Å²) in [6.45, 7) is 13.3. The van der Waals surface area contributed by atoms with Crippen molar-refractivity contribution in [2.24, 2.45) is 0 Å². The highest BCUT2D eigenvalue weighted by Crippen LogP contribution is 1.94. The molecule has 0 bridgehead atoms. The Hall–Kier alpha value is -0.0800. The van der Waals surface area contributed by atoms with E-state index in [0.717, 1.165) is 19.8 Å². The summed E-state index contributed by atoms with van der Waals surface area (Å²) < 4.78 is 5.24. The van der Waals surface area contributed by atoms with Gasteiger partial charge in [-0.05, 0) is 32.7 Å².